The first kappa shape index (κ1) is 18.3. The van der Waals surface area contributed by atoms with Crippen LogP contribution in [-0.2, 0) is 11.8 Å². The SMILES string of the molecule is Cn1ccnc1[C@@H](NC(=O)C[C@@H](c1ccsc1)n1cccc1)c1ccccc1. The normalized spacial score (nSPS) is 13.2. The fraction of sp³-hybridized carbons (Fsp3) is 0.182. The average molecular weight is 391 g/mol. The minimum Gasteiger partial charge on any atom is -0.346 e. The summed E-state index contributed by atoms with van der Waals surface area (Å²) in [7, 11) is 1.94. The summed E-state index contributed by atoms with van der Waals surface area (Å²) < 4.78 is 4.03. The number of hydrogen-bond donors (Lipinski definition) is 1. The summed E-state index contributed by atoms with van der Waals surface area (Å²) in [6.07, 6.45) is 8.02. The molecule has 0 saturated heterocycles. The average Bonchev–Trinajstić information content (AvgIpc) is 3.47. The van der Waals surface area contributed by atoms with E-state index in [0.29, 0.717) is 6.42 Å². The largest absolute Gasteiger partial charge is 0.346 e. The molecule has 1 amide bonds. The third-order valence-electron chi connectivity index (χ3n) is 4.85. The van der Waals surface area contributed by atoms with Gasteiger partial charge in [-0.25, -0.2) is 4.98 Å². The number of rotatable bonds is 7. The molecule has 0 aliphatic carbocycles. The highest BCUT2D eigenvalue weighted by Gasteiger charge is 2.23. The van der Waals surface area contributed by atoms with Crippen LogP contribution in [0.15, 0.2) is 84.1 Å². The van der Waals surface area contributed by atoms with E-state index in [1.54, 1.807) is 17.5 Å². The van der Waals surface area contributed by atoms with Crippen molar-refractivity contribution >= 4 is 17.2 Å². The third-order valence-corrected chi connectivity index (χ3v) is 5.55. The van der Waals surface area contributed by atoms with Crippen molar-refractivity contribution in [2.75, 3.05) is 0 Å². The molecule has 4 rings (SSSR count). The Labute approximate surface area is 168 Å². The van der Waals surface area contributed by atoms with Crippen LogP contribution in [-0.4, -0.2) is 20.0 Å². The van der Waals surface area contributed by atoms with Crippen LogP contribution >= 0.6 is 11.3 Å². The second kappa shape index (κ2) is 8.27. The summed E-state index contributed by atoms with van der Waals surface area (Å²) in [5, 5.41) is 7.35. The first-order valence-corrected chi connectivity index (χ1v) is 10.1. The van der Waals surface area contributed by atoms with Crippen LogP contribution < -0.4 is 5.32 Å². The van der Waals surface area contributed by atoms with Crippen LogP contribution in [0.5, 0.6) is 0 Å². The van der Waals surface area contributed by atoms with Gasteiger partial charge in [-0.2, -0.15) is 11.3 Å². The van der Waals surface area contributed by atoms with E-state index >= 15 is 0 Å². The standard InChI is InChI=1S/C22H22N4OS/c1-25-13-10-23-22(25)21(17-7-3-2-4-8-17)24-20(27)15-19(18-9-14-28-16-18)26-11-5-6-12-26/h2-14,16,19,21H,15H2,1H3,(H,24,27)/t19-,21-/m0/s1. The van der Waals surface area contributed by atoms with Gasteiger partial charge < -0.3 is 14.5 Å². The molecule has 6 heteroatoms. The Morgan fingerprint density at radius 1 is 1.07 bits per heavy atom. The van der Waals surface area contributed by atoms with Crippen molar-refractivity contribution in [3.63, 3.8) is 0 Å². The Bertz CT molecular complexity index is 972. The van der Waals surface area contributed by atoms with Gasteiger partial charge in [0.2, 0.25) is 5.91 Å². The number of aryl methyl sites for hydroxylation is 1. The van der Waals surface area contributed by atoms with Gasteiger partial charge in [-0.3, -0.25) is 4.79 Å². The first-order chi connectivity index (χ1) is 13.7. The van der Waals surface area contributed by atoms with Gasteiger partial charge in [0, 0.05) is 31.8 Å². The number of carbonyl (C=O) groups excluding carboxylic acids is 1. The molecule has 4 aromatic rings. The molecule has 0 aliphatic heterocycles. The van der Waals surface area contributed by atoms with Crippen LogP contribution in [0.4, 0.5) is 0 Å². The fourth-order valence-electron chi connectivity index (χ4n) is 3.41. The molecule has 0 saturated carbocycles. The number of nitrogens with zero attached hydrogens (tertiary/aromatic N) is 3. The Morgan fingerprint density at radius 2 is 1.86 bits per heavy atom. The molecule has 5 nitrogen and oxygen atoms in total. The zero-order chi connectivity index (χ0) is 19.3. The van der Waals surface area contributed by atoms with Crippen LogP contribution in [0.3, 0.4) is 0 Å². The molecular formula is C22H22N4OS. The number of thiophene rings is 1. The molecule has 0 radical (unpaired) electrons. The lowest BCUT2D eigenvalue weighted by Gasteiger charge is -2.22. The predicted octanol–water partition coefficient (Wildman–Crippen LogP) is 4.17. The maximum atomic E-state index is 13.1. The van der Waals surface area contributed by atoms with Gasteiger partial charge in [0.15, 0.2) is 0 Å². The number of carbonyl (C=O) groups is 1. The summed E-state index contributed by atoms with van der Waals surface area (Å²) in [5.74, 6) is 0.800. The summed E-state index contributed by atoms with van der Waals surface area (Å²) in [5.41, 5.74) is 2.16. The highest BCUT2D eigenvalue weighted by molar-refractivity contribution is 7.08. The van der Waals surface area contributed by atoms with Crippen molar-refractivity contribution in [2.24, 2.45) is 7.05 Å². The van der Waals surface area contributed by atoms with Crippen molar-refractivity contribution in [3.8, 4) is 0 Å². The molecule has 2 atom stereocenters. The van der Waals surface area contributed by atoms with Gasteiger partial charge in [0.05, 0.1) is 12.5 Å². The van der Waals surface area contributed by atoms with Crippen LogP contribution in [0.25, 0.3) is 0 Å². The zero-order valence-corrected chi connectivity index (χ0v) is 16.4. The second-order valence-corrected chi connectivity index (χ2v) is 7.49. The van der Waals surface area contributed by atoms with E-state index in [1.807, 2.05) is 78.0 Å². The summed E-state index contributed by atoms with van der Waals surface area (Å²) in [4.78, 5) is 17.5. The smallest absolute Gasteiger partial charge is 0.223 e. The fourth-order valence-corrected chi connectivity index (χ4v) is 4.12. The summed E-state index contributed by atoms with van der Waals surface area (Å²) >= 11 is 1.64. The molecule has 0 unspecified atom stereocenters. The van der Waals surface area contributed by atoms with Crippen molar-refractivity contribution in [1.82, 2.24) is 19.4 Å². The zero-order valence-electron chi connectivity index (χ0n) is 15.6. The highest BCUT2D eigenvalue weighted by atomic mass is 32.1. The van der Waals surface area contributed by atoms with Gasteiger partial charge in [-0.1, -0.05) is 30.3 Å². The lowest BCUT2D eigenvalue weighted by molar-refractivity contribution is -0.122. The Kier molecular flexibility index (Phi) is 5.39. The Morgan fingerprint density at radius 3 is 2.50 bits per heavy atom. The molecule has 0 spiro atoms. The summed E-state index contributed by atoms with van der Waals surface area (Å²) in [6, 6.07) is 15.7. The van der Waals surface area contributed by atoms with Gasteiger partial charge >= 0.3 is 0 Å². The number of imidazole rings is 1. The molecule has 0 fully saturated rings. The minimum atomic E-state index is -0.290. The number of aromatic nitrogens is 3. The lowest BCUT2D eigenvalue weighted by atomic mass is 10.0. The molecule has 0 bridgehead atoms. The Hall–Kier alpha value is -3.12. The van der Waals surface area contributed by atoms with Crippen molar-refractivity contribution in [3.05, 3.63) is 101 Å². The number of benzene rings is 1. The van der Waals surface area contributed by atoms with E-state index in [4.69, 9.17) is 0 Å². The van der Waals surface area contributed by atoms with E-state index < -0.39 is 0 Å². The maximum Gasteiger partial charge on any atom is 0.223 e. The molecular weight excluding hydrogens is 368 g/mol. The first-order valence-electron chi connectivity index (χ1n) is 9.18. The molecule has 0 aliphatic rings. The van der Waals surface area contributed by atoms with E-state index in [0.717, 1.165) is 17.0 Å². The molecule has 28 heavy (non-hydrogen) atoms. The van der Waals surface area contributed by atoms with E-state index in [2.05, 4.69) is 26.3 Å². The topological polar surface area (TPSA) is 51.9 Å². The molecule has 3 aromatic heterocycles. The molecule has 1 N–H and O–H groups in total. The van der Waals surface area contributed by atoms with Crippen molar-refractivity contribution in [1.29, 1.82) is 0 Å². The van der Waals surface area contributed by atoms with E-state index in [9.17, 15) is 4.79 Å². The van der Waals surface area contributed by atoms with Gasteiger partial charge in [0.1, 0.15) is 11.9 Å². The number of hydrogen-bond acceptors (Lipinski definition) is 3. The predicted molar refractivity (Wildman–Crippen MR) is 111 cm³/mol. The van der Waals surface area contributed by atoms with Crippen molar-refractivity contribution in [2.45, 2.75) is 18.5 Å². The quantitative estimate of drug-likeness (QED) is 0.515. The van der Waals surface area contributed by atoms with Crippen LogP contribution in [0.1, 0.15) is 35.5 Å². The molecule has 3 heterocycles. The van der Waals surface area contributed by atoms with Crippen molar-refractivity contribution < 1.29 is 4.79 Å². The number of nitrogens with one attached hydrogen (secondary N) is 1. The molecule has 142 valence electrons. The maximum absolute atomic E-state index is 13.1. The molecule has 1 aromatic carbocycles. The monoisotopic (exact) mass is 390 g/mol. The lowest BCUT2D eigenvalue weighted by Crippen LogP contribution is -2.32. The minimum absolute atomic E-state index is 0.0123. The van der Waals surface area contributed by atoms with Crippen LogP contribution in [0.2, 0.25) is 0 Å². The van der Waals surface area contributed by atoms with Crippen LogP contribution in [0, 0.1) is 0 Å². The highest BCUT2D eigenvalue weighted by Crippen LogP contribution is 2.26. The summed E-state index contributed by atoms with van der Waals surface area (Å²) in [6.45, 7) is 0. The van der Waals surface area contributed by atoms with Gasteiger partial charge in [-0.15, -0.1) is 0 Å². The van der Waals surface area contributed by atoms with E-state index in [1.165, 1.54) is 0 Å². The Balaban J connectivity index is 1.58. The van der Waals surface area contributed by atoms with Gasteiger partial charge in [0.25, 0.3) is 0 Å². The van der Waals surface area contributed by atoms with E-state index in [-0.39, 0.29) is 18.0 Å². The number of amides is 1. The van der Waals surface area contributed by atoms with Gasteiger partial charge in [-0.05, 0) is 40.1 Å². The second-order valence-electron chi connectivity index (χ2n) is 6.71. The third kappa shape index (κ3) is 3.92.